The molecule has 0 spiro atoms. The van der Waals surface area contributed by atoms with E-state index in [9.17, 15) is 35.9 Å². The molecule has 0 aromatic heterocycles. The molecule has 0 radical (unpaired) electrons. The number of alkyl halides is 6. The highest BCUT2D eigenvalue weighted by Crippen LogP contribution is 2.54. The normalized spacial score (nSPS) is 22.3. The van der Waals surface area contributed by atoms with Gasteiger partial charge in [0.05, 0.1) is 12.7 Å². The Kier molecular flexibility index (Phi) is 9.93. The second-order valence-electron chi connectivity index (χ2n) is 9.47. The summed E-state index contributed by atoms with van der Waals surface area (Å²) in [5.41, 5.74) is -5.16. The number of amidine groups is 1. The van der Waals surface area contributed by atoms with Gasteiger partial charge in [-0.15, -0.1) is 5.06 Å². The maximum Gasteiger partial charge on any atom is 0.493 e. The highest BCUT2D eigenvalue weighted by atomic mass is 19.4. The number of aliphatic imine (C=N–C) groups is 1. The van der Waals surface area contributed by atoms with Crippen LogP contribution in [0, 0.1) is 0 Å². The second-order valence-corrected chi connectivity index (χ2v) is 9.47. The molecule has 2 aromatic carbocycles. The average molecular weight is 605 g/mol. The van der Waals surface area contributed by atoms with Crippen molar-refractivity contribution in [3.8, 4) is 0 Å². The lowest BCUT2D eigenvalue weighted by atomic mass is 9.78. The maximum atomic E-state index is 13.8. The molecule has 0 saturated heterocycles. The van der Waals surface area contributed by atoms with E-state index in [1.807, 2.05) is 0 Å². The highest BCUT2D eigenvalue weighted by molar-refractivity contribution is 5.91. The number of benzene rings is 2. The van der Waals surface area contributed by atoms with E-state index < -0.39 is 53.6 Å². The highest BCUT2D eigenvalue weighted by Gasteiger charge is 2.68. The number of esters is 1. The fourth-order valence-electron chi connectivity index (χ4n) is 4.59. The van der Waals surface area contributed by atoms with Crippen LogP contribution in [0.5, 0.6) is 0 Å². The van der Waals surface area contributed by atoms with Gasteiger partial charge in [-0.25, -0.2) is 14.6 Å². The summed E-state index contributed by atoms with van der Waals surface area (Å²) in [6, 6.07) is 14.1. The molecular formula is C28H30F6N2O6. The number of carbonyl (C=O) groups excluding carboxylic acids is 2. The zero-order valence-corrected chi connectivity index (χ0v) is 23.2. The molecular weight excluding hydrogens is 574 g/mol. The van der Waals surface area contributed by atoms with Crippen LogP contribution in [0.15, 0.2) is 65.7 Å². The second kappa shape index (κ2) is 12.7. The smallest absolute Gasteiger partial charge is 0.421 e. The van der Waals surface area contributed by atoms with Gasteiger partial charge in [-0.2, -0.15) is 26.3 Å². The van der Waals surface area contributed by atoms with E-state index in [-0.39, 0.29) is 29.2 Å². The van der Waals surface area contributed by atoms with Crippen molar-refractivity contribution in [2.45, 2.75) is 69.9 Å². The molecule has 0 N–H and O–H groups in total. The molecule has 0 bridgehead atoms. The molecule has 230 valence electrons. The molecule has 0 amide bonds. The fraction of sp³-hybridized carbons (Fsp3) is 0.464. The minimum absolute atomic E-state index is 0.0146. The van der Waals surface area contributed by atoms with Crippen LogP contribution in [0.4, 0.5) is 26.3 Å². The third-order valence-corrected chi connectivity index (χ3v) is 6.51. The van der Waals surface area contributed by atoms with E-state index >= 15 is 0 Å². The van der Waals surface area contributed by atoms with Gasteiger partial charge in [0.1, 0.15) is 6.10 Å². The van der Waals surface area contributed by atoms with Gasteiger partial charge < -0.3 is 19.0 Å². The van der Waals surface area contributed by atoms with Crippen LogP contribution in [0.2, 0.25) is 0 Å². The van der Waals surface area contributed by atoms with Gasteiger partial charge in [0.25, 0.3) is 5.72 Å². The fourth-order valence-corrected chi connectivity index (χ4v) is 4.59. The molecule has 8 nitrogen and oxygen atoms in total. The predicted molar refractivity (Wildman–Crippen MR) is 137 cm³/mol. The first kappa shape index (κ1) is 32.9. The van der Waals surface area contributed by atoms with Crippen LogP contribution in [0.1, 0.15) is 45.2 Å². The van der Waals surface area contributed by atoms with Crippen molar-refractivity contribution >= 4 is 17.8 Å². The van der Waals surface area contributed by atoms with Crippen molar-refractivity contribution in [3.05, 3.63) is 71.8 Å². The Balaban J connectivity index is 2.38. The summed E-state index contributed by atoms with van der Waals surface area (Å²) in [7, 11) is 0. The number of nitrogens with zero attached hydrogens (tertiary/aromatic N) is 2. The summed E-state index contributed by atoms with van der Waals surface area (Å²) in [6.45, 7) is 6.47. The molecule has 2 aromatic rings. The third-order valence-electron chi connectivity index (χ3n) is 6.51. The van der Waals surface area contributed by atoms with Crippen LogP contribution in [-0.4, -0.2) is 60.6 Å². The predicted octanol–water partition coefficient (Wildman–Crippen LogP) is 5.82. The number of hydroxylamine groups is 2. The Bertz CT molecular complexity index is 1260. The summed E-state index contributed by atoms with van der Waals surface area (Å²) >= 11 is 0. The summed E-state index contributed by atoms with van der Waals surface area (Å²) < 4.78 is 98.6. The van der Waals surface area contributed by atoms with Crippen LogP contribution in [-0.2, 0) is 39.9 Å². The van der Waals surface area contributed by atoms with Gasteiger partial charge in [-0.1, -0.05) is 67.6 Å². The first-order chi connectivity index (χ1) is 19.6. The molecule has 4 unspecified atom stereocenters. The van der Waals surface area contributed by atoms with Gasteiger partial charge in [0.15, 0.2) is 11.4 Å². The molecule has 0 aliphatic carbocycles. The molecule has 1 aliphatic heterocycles. The summed E-state index contributed by atoms with van der Waals surface area (Å²) in [5, 5.41) is 0.189. The van der Waals surface area contributed by atoms with Crippen molar-refractivity contribution in [3.63, 3.8) is 0 Å². The van der Waals surface area contributed by atoms with Gasteiger partial charge in [0.2, 0.25) is 0 Å². The van der Waals surface area contributed by atoms with Gasteiger partial charge in [0, 0.05) is 12.2 Å². The lowest BCUT2D eigenvalue weighted by Crippen LogP contribution is -2.60. The standard InChI is InChI=1S/C28H30F6N2O6/c1-5-21(40-17-18(3)39-6-2)22-35-25(4,19-13-9-7-10-14-19)26(20-15-11-8-12-16-20,41-23(37)27(29,30)31)36(22)42-24(38)28(32,33)34/h7-16,18,21H,5-6,17H2,1-4H3. The Morgan fingerprint density at radius 2 is 1.38 bits per heavy atom. The van der Waals surface area contributed by atoms with Crippen molar-refractivity contribution in [1.82, 2.24) is 5.06 Å². The number of halogens is 6. The van der Waals surface area contributed by atoms with Crippen molar-refractivity contribution in [1.29, 1.82) is 0 Å². The van der Waals surface area contributed by atoms with Gasteiger partial charge in [-0.3, -0.25) is 0 Å². The average Bonchev–Trinajstić information content (AvgIpc) is 3.18. The lowest BCUT2D eigenvalue weighted by molar-refractivity contribution is -0.300. The van der Waals surface area contributed by atoms with E-state index in [0.29, 0.717) is 6.61 Å². The van der Waals surface area contributed by atoms with Crippen molar-refractivity contribution < 1.29 is 55.0 Å². The minimum atomic E-state index is -5.59. The molecule has 0 saturated carbocycles. The Hall–Kier alpha value is -3.65. The van der Waals surface area contributed by atoms with Crippen molar-refractivity contribution in [2.75, 3.05) is 13.2 Å². The molecule has 14 heteroatoms. The zero-order chi connectivity index (χ0) is 31.3. The van der Waals surface area contributed by atoms with E-state index in [4.69, 9.17) is 19.0 Å². The van der Waals surface area contributed by atoms with E-state index in [2.05, 4.69) is 4.99 Å². The quantitative estimate of drug-likeness (QED) is 0.236. The minimum Gasteiger partial charge on any atom is -0.421 e. The summed E-state index contributed by atoms with van der Waals surface area (Å²) in [4.78, 5) is 34.2. The summed E-state index contributed by atoms with van der Waals surface area (Å²) in [6.07, 6.45) is -12.9. The SMILES string of the molecule is CCOC(C)COC(CC)C1=NC(C)(c2ccccc2)C(OC(=O)C(F)(F)F)(c2ccccc2)N1OC(=O)C(F)(F)F. The maximum absolute atomic E-state index is 13.8. The third kappa shape index (κ3) is 6.54. The van der Waals surface area contributed by atoms with Crippen LogP contribution >= 0.6 is 0 Å². The Labute approximate surface area is 238 Å². The van der Waals surface area contributed by atoms with Crippen LogP contribution in [0.3, 0.4) is 0 Å². The van der Waals surface area contributed by atoms with Crippen LogP contribution < -0.4 is 0 Å². The lowest BCUT2D eigenvalue weighted by Gasteiger charge is -2.45. The molecule has 42 heavy (non-hydrogen) atoms. The topological polar surface area (TPSA) is 86.7 Å². The van der Waals surface area contributed by atoms with E-state index in [0.717, 1.165) is 0 Å². The number of carbonyl (C=O) groups is 2. The van der Waals surface area contributed by atoms with Crippen LogP contribution in [0.25, 0.3) is 0 Å². The number of hydrogen-bond donors (Lipinski definition) is 0. The molecule has 1 aliphatic rings. The first-order valence-electron chi connectivity index (χ1n) is 12.9. The molecule has 0 fully saturated rings. The monoisotopic (exact) mass is 604 g/mol. The molecule has 1 heterocycles. The van der Waals surface area contributed by atoms with E-state index in [1.165, 1.54) is 61.5 Å². The Morgan fingerprint density at radius 1 is 0.857 bits per heavy atom. The van der Waals surface area contributed by atoms with Gasteiger partial charge in [-0.05, 0) is 32.8 Å². The number of ether oxygens (including phenoxy) is 3. The molecule has 4 atom stereocenters. The van der Waals surface area contributed by atoms with Crippen molar-refractivity contribution in [2.24, 2.45) is 4.99 Å². The zero-order valence-electron chi connectivity index (χ0n) is 23.2. The number of hydrogen-bond acceptors (Lipinski definition) is 8. The Morgan fingerprint density at radius 3 is 1.86 bits per heavy atom. The van der Waals surface area contributed by atoms with Gasteiger partial charge >= 0.3 is 24.3 Å². The van der Waals surface area contributed by atoms with E-state index in [1.54, 1.807) is 26.8 Å². The number of rotatable bonds is 11. The summed E-state index contributed by atoms with van der Waals surface area (Å²) in [5.74, 6) is -6.05. The first-order valence-corrected chi connectivity index (χ1v) is 12.9. The largest absolute Gasteiger partial charge is 0.493 e. The molecule has 3 rings (SSSR count).